The molecule has 1 fully saturated rings. The predicted molar refractivity (Wildman–Crippen MR) is 125 cm³/mol. The van der Waals surface area contributed by atoms with E-state index in [4.69, 9.17) is 13.9 Å². The highest BCUT2D eigenvalue weighted by Gasteiger charge is 2.46. The van der Waals surface area contributed by atoms with Gasteiger partial charge in [0.1, 0.15) is 23.0 Å². The first-order valence-electron chi connectivity index (χ1n) is 10.3. The van der Waals surface area contributed by atoms with E-state index >= 15 is 0 Å². The molecule has 1 amide bonds. The van der Waals surface area contributed by atoms with Gasteiger partial charge in [-0.25, -0.2) is 0 Å². The number of amides is 1. The summed E-state index contributed by atoms with van der Waals surface area (Å²) < 4.78 is 16.9. The van der Waals surface area contributed by atoms with Crippen molar-refractivity contribution < 1.29 is 28.6 Å². The molecule has 4 rings (SSSR count). The number of carbonyl (C=O) groups is 2. The topological polar surface area (TPSA) is 89.2 Å². The van der Waals surface area contributed by atoms with Crippen molar-refractivity contribution in [2.24, 2.45) is 0 Å². The van der Waals surface area contributed by atoms with Crippen molar-refractivity contribution in [2.45, 2.75) is 19.5 Å². The number of hydrogen-bond acceptors (Lipinski definition) is 6. The van der Waals surface area contributed by atoms with Gasteiger partial charge in [0.05, 0.1) is 42.6 Å². The lowest BCUT2D eigenvalue weighted by molar-refractivity contribution is -0.140. The zero-order valence-corrected chi connectivity index (χ0v) is 19.7. The minimum Gasteiger partial charge on any atom is -0.507 e. The molecular formula is C25H22BrNO6. The van der Waals surface area contributed by atoms with E-state index in [1.165, 1.54) is 18.3 Å². The molecule has 0 bridgehead atoms. The van der Waals surface area contributed by atoms with E-state index in [1.807, 2.05) is 6.92 Å². The normalized spacial score (nSPS) is 17.4. The quantitative estimate of drug-likeness (QED) is 0.270. The molecule has 8 heteroatoms. The van der Waals surface area contributed by atoms with E-state index < -0.39 is 17.7 Å². The average Bonchev–Trinajstić information content (AvgIpc) is 3.41. The Kier molecular flexibility index (Phi) is 6.55. The van der Waals surface area contributed by atoms with Gasteiger partial charge in [0, 0.05) is 5.56 Å². The number of carbonyl (C=O) groups excluding carboxylic acids is 2. The van der Waals surface area contributed by atoms with E-state index in [0.717, 1.165) is 0 Å². The van der Waals surface area contributed by atoms with Crippen LogP contribution in [0.25, 0.3) is 5.76 Å². The zero-order valence-electron chi connectivity index (χ0n) is 18.1. The Morgan fingerprint density at radius 1 is 1.15 bits per heavy atom. The molecule has 1 aliphatic heterocycles. The number of Topliss-reactive ketones (excluding diaryl/α,β-unsaturated/α-hetero) is 1. The van der Waals surface area contributed by atoms with Crippen LogP contribution < -0.4 is 9.47 Å². The highest BCUT2D eigenvalue weighted by molar-refractivity contribution is 9.10. The van der Waals surface area contributed by atoms with Gasteiger partial charge in [-0.3, -0.25) is 9.59 Å². The fourth-order valence-electron chi connectivity index (χ4n) is 3.87. The van der Waals surface area contributed by atoms with Gasteiger partial charge in [-0.05, 0) is 70.9 Å². The third-order valence-corrected chi connectivity index (χ3v) is 5.98. The number of nitrogens with zero attached hydrogens (tertiary/aromatic N) is 1. The molecule has 2 heterocycles. The van der Waals surface area contributed by atoms with Crippen LogP contribution in [0.2, 0.25) is 0 Å². The minimum atomic E-state index is -0.823. The largest absolute Gasteiger partial charge is 0.507 e. The molecule has 1 aromatic heterocycles. The van der Waals surface area contributed by atoms with Crippen LogP contribution in [-0.4, -0.2) is 35.4 Å². The Bertz CT molecular complexity index is 1220. The van der Waals surface area contributed by atoms with Crippen LogP contribution in [0.5, 0.6) is 11.5 Å². The molecule has 1 unspecified atom stereocenters. The summed E-state index contributed by atoms with van der Waals surface area (Å²) in [6.07, 6.45) is 1.51. The number of likely N-dealkylation sites (tertiary alicyclic amines) is 1. The van der Waals surface area contributed by atoms with E-state index in [9.17, 15) is 14.7 Å². The molecule has 1 aliphatic rings. The standard InChI is InChI=1S/C25H22BrNO6/c1-3-32-17-7-4-6-15(12-17)22-21(23(28)16-9-10-20(31-2)19(26)13-16)24(29)25(30)27(22)14-18-8-5-11-33-18/h4-13,22,28H,3,14H2,1-2H3/b23-21+. The number of aliphatic hydroxyl groups is 1. The summed E-state index contributed by atoms with van der Waals surface area (Å²) in [5.41, 5.74) is 1.02. The van der Waals surface area contributed by atoms with Gasteiger partial charge in [-0.15, -0.1) is 0 Å². The summed E-state index contributed by atoms with van der Waals surface area (Å²) in [6, 6.07) is 14.7. The minimum absolute atomic E-state index is 0.00253. The Morgan fingerprint density at radius 3 is 2.64 bits per heavy atom. The van der Waals surface area contributed by atoms with Crippen molar-refractivity contribution in [1.29, 1.82) is 0 Å². The van der Waals surface area contributed by atoms with Gasteiger partial charge in [0.15, 0.2) is 0 Å². The molecule has 0 saturated carbocycles. The second-order valence-electron chi connectivity index (χ2n) is 7.36. The molecule has 1 atom stereocenters. The predicted octanol–water partition coefficient (Wildman–Crippen LogP) is 5.07. The summed E-state index contributed by atoms with van der Waals surface area (Å²) >= 11 is 3.40. The highest BCUT2D eigenvalue weighted by atomic mass is 79.9. The number of ketones is 1. The molecular weight excluding hydrogens is 490 g/mol. The Hall–Kier alpha value is -3.52. The van der Waals surface area contributed by atoms with Crippen LogP contribution in [0, 0.1) is 0 Å². The van der Waals surface area contributed by atoms with E-state index in [0.29, 0.717) is 39.5 Å². The van der Waals surface area contributed by atoms with Crippen LogP contribution in [-0.2, 0) is 16.1 Å². The number of rotatable bonds is 7. The molecule has 2 aromatic carbocycles. The van der Waals surface area contributed by atoms with Crippen LogP contribution in [0.3, 0.4) is 0 Å². The van der Waals surface area contributed by atoms with Crippen LogP contribution >= 0.6 is 15.9 Å². The van der Waals surface area contributed by atoms with Gasteiger partial charge in [-0.2, -0.15) is 0 Å². The first-order valence-corrected chi connectivity index (χ1v) is 11.1. The monoisotopic (exact) mass is 511 g/mol. The molecule has 1 N–H and O–H groups in total. The molecule has 0 aliphatic carbocycles. The van der Waals surface area contributed by atoms with E-state index in [-0.39, 0.29) is 17.9 Å². The number of hydrogen-bond donors (Lipinski definition) is 1. The molecule has 7 nitrogen and oxygen atoms in total. The number of furan rings is 1. The van der Waals surface area contributed by atoms with Gasteiger partial charge in [-0.1, -0.05) is 12.1 Å². The van der Waals surface area contributed by atoms with Crippen molar-refractivity contribution in [3.8, 4) is 11.5 Å². The van der Waals surface area contributed by atoms with E-state index in [1.54, 1.807) is 54.6 Å². The number of aliphatic hydroxyl groups excluding tert-OH is 1. The van der Waals surface area contributed by atoms with Crippen molar-refractivity contribution in [1.82, 2.24) is 4.90 Å². The Balaban J connectivity index is 1.87. The molecule has 170 valence electrons. The number of benzene rings is 2. The zero-order chi connectivity index (χ0) is 23.5. The van der Waals surface area contributed by atoms with Gasteiger partial charge < -0.3 is 23.9 Å². The maximum absolute atomic E-state index is 13.2. The summed E-state index contributed by atoms with van der Waals surface area (Å²) in [5.74, 6) is -0.0535. The van der Waals surface area contributed by atoms with Crippen molar-refractivity contribution >= 4 is 33.4 Å². The summed E-state index contributed by atoms with van der Waals surface area (Å²) in [5, 5.41) is 11.2. The second-order valence-corrected chi connectivity index (χ2v) is 8.22. The maximum Gasteiger partial charge on any atom is 0.296 e. The van der Waals surface area contributed by atoms with Crippen molar-refractivity contribution in [3.05, 3.63) is 87.8 Å². The third kappa shape index (κ3) is 4.39. The second kappa shape index (κ2) is 9.54. The number of halogens is 1. The average molecular weight is 512 g/mol. The highest BCUT2D eigenvalue weighted by Crippen LogP contribution is 2.41. The maximum atomic E-state index is 13.2. The lowest BCUT2D eigenvalue weighted by atomic mass is 9.95. The van der Waals surface area contributed by atoms with E-state index in [2.05, 4.69) is 15.9 Å². The van der Waals surface area contributed by atoms with Crippen LogP contribution in [0.4, 0.5) is 0 Å². The summed E-state index contributed by atoms with van der Waals surface area (Å²) in [4.78, 5) is 27.6. The van der Waals surface area contributed by atoms with Gasteiger partial charge in [0.25, 0.3) is 11.7 Å². The first kappa shape index (κ1) is 22.7. The van der Waals surface area contributed by atoms with Gasteiger partial charge in [0.2, 0.25) is 0 Å². The smallest absolute Gasteiger partial charge is 0.296 e. The lowest BCUT2D eigenvalue weighted by Crippen LogP contribution is -2.29. The Labute approximate surface area is 199 Å². The van der Waals surface area contributed by atoms with Gasteiger partial charge >= 0.3 is 0 Å². The van der Waals surface area contributed by atoms with Crippen molar-refractivity contribution in [3.63, 3.8) is 0 Å². The molecule has 1 saturated heterocycles. The molecule has 33 heavy (non-hydrogen) atoms. The molecule has 0 spiro atoms. The molecule has 3 aromatic rings. The third-order valence-electron chi connectivity index (χ3n) is 5.36. The van der Waals surface area contributed by atoms with Crippen LogP contribution in [0.1, 0.15) is 29.9 Å². The fraction of sp³-hybridized carbons (Fsp3) is 0.200. The molecule has 0 radical (unpaired) electrons. The van der Waals surface area contributed by atoms with Crippen LogP contribution in [0.15, 0.2) is 75.3 Å². The SMILES string of the molecule is CCOc1cccc(C2/C(=C(\O)c3ccc(OC)c(Br)c3)C(=O)C(=O)N2Cc2ccco2)c1. The number of ether oxygens (including phenoxy) is 2. The summed E-state index contributed by atoms with van der Waals surface area (Å²) in [7, 11) is 1.53. The fourth-order valence-corrected chi connectivity index (χ4v) is 4.41. The lowest BCUT2D eigenvalue weighted by Gasteiger charge is -2.25. The number of methoxy groups -OCH3 is 1. The first-order chi connectivity index (χ1) is 15.9. The summed E-state index contributed by atoms with van der Waals surface area (Å²) in [6.45, 7) is 2.41. The van der Waals surface area contributed by atoms with Crippen molar-refractivity contribution in [2.75, 3.05) is 13.7 Å². The Morgan fingerprint density at radius 2 is 1.97 bits per heavy atom.